The van der Waals surface area contributed by atoms with Crippen LogP contribution in [0.1, 0.15) is 10.4 Å². The van der Waals surface area contributed by atoms with Gasteiger partial charge in [0.1, 0.15) is 11.5 Å². The first kappa shape index (κ1) is 15.1. The molecule has 9 heteroatoms. The Labute approximate surface area is 133 Å². The Morgan fingerprint density at radius 1 is 1.35 bits per heavy atom. The average Bonchev–Trinajstić information content (AvgIpc) is 3.18. The maximum absolute atomic E-state index is 13.6. The monoisotopic (exact) mass is 334 g/mol. The first-order valence-corrected chi connectivity index (χ1v) is 7.41. The largest absolute Gasteiger partial charge is 0.494 e. The third-order valence-corrected chi connectivity index (χ3v) is 3.97. The highest BCUT2D eigenvalue weighted by molar-refractivity contribution is 7.12. The molecule has 0 aliphatic carbocycles. The summed E-state index contributed by atoms with van der Waals surface area (Å²) < 4.78 is 20.5. The standard InChI is InChI=1S/C14H11FN4O3S/c1-22-12-5-4-9(7-10(12)15)11(20)8-18-14(21)19(17-16-18)13-3-2-6-23-13/h2-7H,8H2,1H3. The third kappa shape index (κ3) is 2.90. The first-order chi connectivity index (χ1) is 11.1. The van der Waals surface area contributed by atoms with Crippen molar-refractivity contribution in [1.29, 1.82) is 0 Å². The predicted molar refractivity (Wildman–Crippen MR) is 80.8 cm³/mol. The Morgan fingerprint density at radius 3 is 2.83 bits per heavy atom. The van der Waals surface area contributed by atoms with Crippen molar-refractivity contribution in [2.45, 2.75) is 6.54 Å². The fourth-order valence-electron chi connectivity index (χ4n) is 1.97. The Balaban J connectivity index is 1.84. The third-order valence-electron chi connectivity index (χ3n) is 3.12. The van der Waals surface area contributed by atoms with E-state index in [1.54, 1.807) is 17.5 Å². The molecule has 0 bridgehead atoms. The average molecular weight is 334 g/mol. The second-order valence-corrected chi connectivity index (χ2v) is 5.48. The topological polar surface area (TPSA) is 79.0 Å². The molecule has 0 atom stereocenters. The summed E-state index contributed by atoms with van der Waals surface area (Å²) in [5, 5.41) is 9.81. The summed E-state index contributed by atoms with van der Waals surface area (Å²) in [7, 11) is 1.34. The van der Waals surface area contributed by atoms with Crippen LogP contribution in [0.5, 0.6) is 5.75 Å². The lowest BCUT2D eigenvalue weighted by molar-refractivity contribution is 0.0965. The molecule has 0 spiro atoms. The van der Waals surface area contributed by atoms with E-state index in [9.17, 15) is 14.0 Å². The molecule has 3 aromatic rings. The van der Waals surface area contributed by atoms with Gasteiger partial charge in [0.2, 0.25) is 0 Å². The highest BCUT2D eigenvalue weighted by atomic mass is 32.1. The number of hydrogen-bond donors (Lipinski definition) is 0. The summed E-state index contributed by atoms with van der Waals surface area (Å²) in [6.07, 6.45) is 0. The van der Waals surface area contributed by atoms with Crippen molar-refractivity contribution in [3.8, 4) is 10.8 Å². The van der Waals surface area contributed by atoms with E-state index < -0.39 is 17.3 Å². The number of carbonyl (C=O) groups is 1. The number of hydrogen-bond acceptors (Lipinski definition) is 6. The smallest absolute Gasteiger partial charge is 0.369 e. The molecule has 0 aliphatic rings. The van der Waals surface area contributed by atoms with Gasteiger partial charge in [-0.3, -0.25) is 4.79 Å². The van der Waals surface area contributed by atoms with E-state index >= 15 is 0 Å². The molecule has 3 rings (SSSR count). The molecule has 118 valence electrons. The molecule has 2 heterocycles. The zero-order chi connectivity index (χ0) is 16.4. The fourth-order valence-corrected chi connectivity index (χ4v) is 2.64. The van der Waals surface area contributed by atoms with Gasteiger partial charge in [-0.1, -0.05) is 0 Å². The molecule has 0 saturated carbocycles. The Hall–Kier alpha value is -2.81. The van der Waals surface area contributed by atoms with Crippen LogP contribution in [0.25, 0.3) is 5.00 Å². The number of aromatic nitrogens is 4. The van der Waals surface area contributed by atoms with Crippen LogP contribution in [0.4, 0.5) is 4.39 Å². The minimum absolute atomic E-state index is 0.0438. The predicted octanol–water partition coefficient (Wildman–Crippen LogP) is 1.52. The normalized spacial score (nSPS) is 10.7. The van der Waals surface area contributed by atoms with E-state index in [0.717, 1.165) is 15.4 Å². The lowest BCUT2D eigenvalue weighted by atomic mass is 10.1. The molecule has 0 amide bonds. The molecular weight excluding hydrogens is 323 g/mol. The van der Waals surface area contributed by atoms with Crippen molar-refractivity contribution in [1.82, 2.24) is 19.8 Å². The number of ether oxygens (including phenoxy) is 1. The maximum Gasteiger partial charge on any atom is 0.369 e. The minimum atomic E-state index is -0.645. The second kappa shape index (κ2) is 6.13. The molecule has 7 nitrogen and oxygen atoms in total. The van der Waals surface area contributed by atoms with Gasteiger partial charge in [-0.25, -0.2) is 9.18 Å². The van der Waals surface area contributed by atoms with Gasteiger partial charge < -0.3 is 4.74 Å². The SMILES string of the molecule is COc1ccc(C(=O)Cn2nnn(-c3cccs3)c2=O)cc1F. The summed E-state index contributed by atoms with van der Waals surface area (Å²) in [6, 6.07) is 7.34. The Morgan fingerprint density at radius 2 is 2.17 bits per heavy atom. The zero-order valence-corrected chi connectivity index (χ0v) is 12.8. The molecule has 0 N–H and O–H groups in total. The highest BCUT2D eigenvalue weighted by Gasteiger charge is 2.15. The summed E-state index contributed by atoms with van der Waals surface area (Å²) >= 11 is 1.32. The van der Waals surface area contributed by atoms with E-state index in [4.69, 9.17) is 4.74 Å². The summed E-state index contributed by atoms with van der Waals surface area (Å²) in [5.41, 5.74) is -0.407. The van der Waals surface area contributed by atoms with E-state index in [1.165, 1.54) is 30.6 Å². The number of halogens is 1. The number of rotatable bonds is 5. The van der Waals surface area contributed by atoms with Gasteiger partial charge in [0.25, 0.3) is 0 Å². The Kier molecular flexibility index (Phi) is 4.02. The number of Topliss-reactive ketones (excluding diaryl/α,β-unsaturated/α-hetero) is 1. The van der Waals surface area contributed by atoms with E-state index in [0.29, 0.717) is 5.00 Å². The van der Waals surface area contributed by atoms with Crippen molar-refractivity contribution in [2.24, 2.45) is 0 Å². The van der Waals surface area contributed by atoms with Gasteiger partial charge in [-0.2, -0.15) is 9.36 Å². The van der Waals surface area contributed by atoms with Crippen molar-refractivity contribution in [2.75, 3.05) is 7.11 Å². The fraction of sp³-hybridized carbons (Fsp3) is 0.143. The van der Waals surface area contributed by atoms with Crippen LogP contribution in [-0.2, 0) is 6.54 Å². The lowest BCUT2D eigenvalue weighted by Crippen LogP contribution is -2.27. The van der Waals surface area contributed by atoms with Crippen LogP contribution in [0.15, 0.2) is 40.5 Å². The van der Waals surface area contributed by atoms with Crippen LogP contribution in [-0.4, -0.2) is 32.7 Å². The minimum Gasteiger partial charge on any atom is -0.494 e. The van der Waals surface area contributed by atoms with Crippen molar-refractivity contribution in [3.63, 3.8) is 0 Å². The van der Waals surface area contributed by atoms with Crippen LogP contribution < -0.4 is 10.4 Å². The van der Waals surface area contributed by atoms with Gasteiger partial charge in [0.05, 0.1) is 7.11 Å². The molecule has 0 fully saturated rings. The number of thiophene rings is 1. The number of tetrazole rings is 1. The van der Waals surface area contributed by atoms with Crippen molar-refractivity contribution < 1.29 is 13.9 Å². The molecular formula is C14H11FN4O3S. The van der Waals surface area contributed by atoms with Gasteiger partial charge in [-0.15, -0.1) is 11.3 Å². The van der Waals surface area contributed by atoms with Crippen LogP contribution >= 0.6 is 11.3 Å². The summed E-state index contributed by atoms with van der Waals surface area (Å²) in [6.45, 7) is -0.323. The zero-order valence-electron chi connectivity index (χ0n) is 12.0. The van der Waals surface area contributed by atoms with Gasteiger partial charge in [0, 0.05) is 5.56 Å². The van der Waals surface area contributed by atoms with E-state index in [1.807, 2.05) is 0 Å². The van der Waals surface area contributed by atoms with Crippen molar-refractivity contribution in [3.05, 3.63) is 57.6 Å². The first-order valence-electron chi connectivity index (χ1n) is 6.53. The number of methoxy groups -OCH3 is 1. The van der Waals surface area contributed by atoms with Gasteiger partial charge >= 0.3 is 5.69 Å². The van der Waals surface area contributed by atoms with Crippen LogP contribution in [0.2, 0.25) is 0 Å². The summed E-state index contributed by atoms with van der Waals surface area (Å²) in [4.78, 5) is 24.3. The molecule has 0 unspecified atom stereocenters. The molecule has 0 radical (unpaired) electrons. The number of carbonyl (C=O) groups excluding carboxylic acids is 1. The number of nitrogens with zero attached hydrogens (tertiary/aromatic N) is 4. The van der Waals surface area contributed by atoms with Crippen molar-refractivity contribution >= 4 is 17.1 Å². The maximum atomic E-state index is 13.6. The molecule has 23 heavy (non-hydrogen) atoms. The van der Waals surface area contributed by atoms with Crippen LogP contribution in [0, 0.1) is 5.82 Å². The molecule has 1 aromatic carbocycles. The summed E-state index contributed by atoms with van der Waals surface area (Å²) in [5.74, 6) is -1.05. The van der Waals surface area contributed by atoms with Crippen LogP contribution in [0.3, 0.4) is 0 Å². The van der Waals surface area contributed by atoms with Gasteiger partial charge in [-0.05, 0) is 46.1 Å². The lowest BCUT2D eigenvalue weighted by Gasteiger charge is -2.04. The molecule has 2 aromatic heterocycles. The quantitative estimate of drug-likeness (QED) is 0.661. The second-order valence-electron chi connectivity index (χ2n) is 4.55. The number of ketones is 1. The molecule has 0 aliphatic heterocycles. The van der Waals surface area contributed by atoms with Gasteiger partial charge in [0.15, 0.2) is 17.3 Å². The van der Waals surface area contributed by atoms with E-state index in [2.05, 4.69) is 10.4 Å². The highest BCUT2D eigenvalue weighted by Crippen LogP contribution is 2.18. The molecule has 0 saturated heterocycles. The Bertz CT molecular complexity index is 901. The van der Waals surface area contributed by atoms with E-state index in [-0.39, 0.29) is 17.9 Å². The number of benzene rings is 1.